The number of para-hydroxylation sites is 1. The van der Waals surface area contributed by atoms with E-state index in [1.54, 1.807) is 12.1 Å². The van der Waals surface area contributed by atoms with Crippen molar-refractivity contribution in [2.45, 2.75) is 37.5 Å². The lowest BCUT2D eigenvalue weighted by Crippen LogP contribution is -2.38. The third kappa shape index (κ3) is 2.07. The fraction of sp³-hybridized carbons (Fsp3) is 0.500. The molecule has 0 saturated heterocycles. The summed E-state index contributed by atoms with van der Waals surface area (Å²) in [6, 6.07) is 5.34. The largest absolute Gasteiger partial charge is 0.495 e. The summed E-state index contributed by atoms with van der Waals surface area (Å²) >= 11 is 6.10. The van der Waals surface area contributed by atoms with Gasteiger partial charge in [0.25, 0.3) is 0 Å². The van der Waals surface area contributed by atoms with Crippen molar-refractivity contribution in [3.05, 3.63) is 28.8 Å². The van der Waals surface area contributed by atoms with Crippen molar-refractivity contribution in [2.24, 2.45) is 0 Å². The first-order valence-electron chi connectivity index (χ1n) is 6.18. The second-order valence-electron chi connectivity index (χ2n) is 4.77. The van der Waals surface area contributed by atoms with Crippen LogP contribution in [0.2, 0.25) is 5.02 Å². The van der Waals surface area contributed by atoms with Crippen molar-refractivity contribution in [2.75, 3.05) is 7.11 Å². The van der Waals surface area contributed by atoms with Crippen LogP contribution in [0.3, 0.4) is 0 Å². The Bertz CT molecular complexity index is 450. The molecule has 0 heterocycles. The molecule has 1 N–H and O–H groups in total. The topological polar surface area (TPSA) is 46.5 Å². The summed E-state index contributed by atoms with van der Waals surface area (Å²) in [6.07, 6.45) is 4.26. The van der Waals surface area contributed by atoms with Crippen LogP contribution >= 0.6 is 11.6 Å². The van der Waals surface area contributed by atoms with Gasteiger partial charge in [0.15, 0.2) is 0 Å². The number of carboxylic acids is 1. The Morgan fingerprint density at radius 1 is 1.33 bits per heavy atom. The van der Waals surface area contributed by atoms with E-state index in [1.807, 2.05) is 6.07 Å². The highest BCUT2D eigenvalue weighted by Gasteiger charge is 2.43. The van der Waals surface area contributed by atoms with E-state index in [2.05, 4.69) is 0 Å². The number of halogens is 1. The molecule has 18 heavy (non-hydrogen) atoms. The van der Waals surface area contributed by atoms with Crippen LogP contribution in [0.15, 0.2) is 18.2 Å². The minimum Gasteiger partial charge on any atom is -0.495 e. The first kappa shape index (κ1) is 13.2. The highest BCUT2D eigenvalue weighted by atomic mass is 35.5. The van der Waals surface area contributed by atoms with Crippen molar-refractivity contribution >= 4 is 17.6 Å². The Hall–Kier alpha value is -1.22. The Morgan fingerprint density at radius 2 is 2.00 bits per heavy atom. The van der Waals surface area contributed by atoms with Crippen LogP contribution in [0.5, 0.6) is 5.75 Å². The quantitative estimate of drug-likeness (QED) is 0.910. The van der Waals surface area contributed by atoms with Gasteiger partial charge in [-0.1, -0.05) is 43.0 Å². The summed E-state index contributed by atoms with van der Waals surface area (Å²) in [5.41, 5.74) is -0.126. The second-order valence-corrected chi connectivity index (χ2v) is 5.18. The maximum absolute atomic E-state index is 11.8. The lowest BCUT2D eigenvalue weighted by atomic mass is 9.69. The van der Waals surface area contributed by atoms with Gasteiger partial charge in [-0.2, -0.15) is 0 Å². The molecule has 0 aromatic heterocycles. The van der Waals surface area contributed by atoms with Gasteiger partial charge in [0.05, 0.1) is 17.5 Å². The number of rotatable bonds is 3. The van der Waals surface area contributed by atoms with E-state index in [0.717, 1.165) is 19.3 Å². The molecule has 98 valence electrons. The summed E-state index contributed by atoms with van der Waals surface area (Å²) in [6.45, 7) is 0. The zero-order valence-electron chi connectivity index (χ0n) is 10.4. The average Bonchev–Trinajstić information content (AvgIpc) is 2.39. The number of carbonyl (C=O) groups is 1. The standard InChI is InChI=1S/C14H17ClO3/c1-18-12-10(6-5-7-11(12)15)14(13(16)17)8-3-2-4-9-14/h5-7H,2-4,8-9H2,1H3,(H,16,17). The molecule has 0 unspecified atom stereocenters. The van der Waals surface area contributed by atoms with Crippen molar-refractivity contribution in [1.29, 1.82) is 0 Å². The maximum atomic E-state index is 11.8. The summed E-state index contributed by atoms with van der Waals surface area (Å²) < 4.78 is 5.31. The molecule has 0 aliphatic heterocycles. The molecule has 2 rings (SSSR count). The van der Waals surface area contributed by atoms with Crippen LogP contribution in [0, 0.1) is 0 Å². The summed E-state index contributed by atoms with van der Waals surface area (Å²) in [7, 11) is 1.53. The molecule has 0 bridgehead atoms. The molecule has 1 aliphatic rings. The van der Waals surface area contributed by atoms with Gasteiger partial charge >= 0.3 is 5.97 Å². The fourth-order valence-electron chi connectivity index (χ4n) is 2.85. The Balaban J connectivity index is 2.55. The van der Waals surface area contributed by atoms with Gasteiger partial charge < -0.3 is 9.84 Å². The van der Waals surface area contributed by atoms with E-state index in [1.165, 1.54) is 7.11 Å². The summed E-state index contributed by atoms with van der Waals surface area (Å²) in [5.74, 6) is -0.272. The van der Waals surface area contributed by atoms with Gasteiger partial charge in [-0.25, -0.2) is 0 Å². The second kappa shape index (κ2) is 5.19. The zero-order valence-corrected chi connectivity index (χ0v) is 11.2. The first-order valence-corrected chi connectivity index (χ1v) is 6.56. The zero-order chi connectivity index (χ0) is 13.2. The number of methoxy groups -OCH3 is 1. The minimum absolute atomic E-state index is 0.473. The van der Waals surface area contributed by atoms with E-state index in [0.29, 0.717) is 29.2 Å². The molecule has 0 spiro atoms. The minimum atomic E-state index is -0.839. The number of hydrogen-bond acceptors (Lipinski definition) is 2. The smallest absolute Gasteiger partial charge is 0.314 e. The van der Waals surface area contributed by atoms with Crippen LogP contribution in [-0.2, 0) is 10.2 Å². The lowest BCUT2D eigenvalue weighted by molar-refractivity contribution is -0.145. The molecule has 1 aliphatic carbocycles. The SMILES string of the molecule is COc1c(Cl)cccc1C1(C(=O)O)CCCCC1. The molecule has 1 aromatic rings. The highest BCUT2D eigenvalue weighted by Crippen LogP contribution is 2.45. The van der Waals surface area contributed by atoms with E-state index < -0.39 is 11.4 Å². The van der Waals surface area contributed by atoms with Crippen molar-refractivity contribution in [1.82, 2.24) is 0 Å². The molecular weight excluding hydrogens is 252 g/mol. The van der Waals surface area contributed by atoms with Crippen molar-refractivity contribution in [3.8, 4) is 5.75 Å². The number of hydrogen-bond donors (Lipinski definition) is 1. The third-order valence-electron chi connectivity index (χ3n) is 3.80. The van der Waals surface area contributed by atoms with Crippen molar-refractivity contribution < 1.29 is 14.6 Å². The molecule has 0 atom stereocenters. The number of benzene rings is 1. The molecule has 3 nitrogen and oxygen atoms in total. The monoisotopic (exact) mass is 268 g/mol. The molecule has 1 fully saturated rings. The van der Waals surface area contributed by atoms with Gasteiger partial charge in [0, 0.05) is 5.56 Å². The molecular formula is C14H17ClO3. The van der Waals surface area contributed by atoms with E-state index in [4.69, 9.17) is 16.3 Å². The Labute approximate surface area is 112 Å². The van der Waals surface area contributed by atoms with Crippen LogP contribution in [0.25, 0.3) is 0 Å². The highest BCUT2D eigenvalue weighted by molar-refractivity contribution is 6.32. The summed E-state index contributed by atoms with van der Waals surface area (Å²) in [5, 5.41) is 10.1. The predicted octanol–water partition coefficient (Wildman–Crippen LogP) is 3.64. The summed E-state index contributed by atoms with van der Waals surface area (Å²) in [4.78, 5) is 11.8. The normalized spacial score (nSPS) is 18.3. The van der Waals surface area contributed by atoms with Gasteiger partial charge in [0.2, 0.25) is 0 Å². The van der Waals surface area contributed by atoms with Gasteiger partial charge in [-0.15, -0.1) is 0 Å². The van der Waals surface area contributed by atoms with Crippen LogP contribution in [0.1, 0.15) is 37.7 Å². The fourth-order valence-corrected chi connectivity index (χ4v) is 3.10. The van der Waals surface area contributed by atoms with Crippen LogP contribution < -0.4 is 4.74 Å². The number of carboxylic acid groups (broad SMARTS) is 1. The molecule has 1 aromatic carbocycles. The lowest BCUT2D eigenvalue weighted by Gasteiger charge is -2.34. The average molecular weight is 269 g/mol. The number of aliphatic carboxylic acids is 1. The molecule has 0 radical (unpaired) electrons. The maximum Gasteiger partial charge on any atom is 0.314 e. The Morgan fingerprint density at radius 3 is 2.56 bits per heavy atom. The van der Waals surface area contributed by atoms with E-state index in [-0.39, 0.29) is 0 Å². The van der Waals surface area contributed by atoms with E-state index >= 15 is 0 Å². The van der Waals surface area contributed by atoms with Gasteiger partial charge in [-0.05, 0) is 18.9 Å². The van der Waals surface area contributed by atoms with Gasteiger partial charge in [-0.3, -0.25) is 4.79 Å². The third-order valence-corrected chi connectivity index (χ3v) is 4.10. The predicted molar refractivity (Wildman–Crippen MR) is 70.4 cm³/mol. The van der Waals surface area contributed by atoms with Crippen LogP contribution in [0.4, 0.5) is 0 Å². The molecule has 1 saturated carbocycles. The Kier molecular flexibility index (Phi) is 3.81. The van der Waals surface area contributed by atoms with E-state index in [9.17, 15) is 9.90 Å². The first-order chi connectivity index (χ1) is 8.62. The molecule has 0 amide bonds. The number of ether oxygens (including phenoxy) is 1. The van der Waals surface area contributed by atoms with Crippen LogP contribution in [-0.4, -0.2) is 18.2 Å². The molecule has 4 heteroatoms. The van der Waals surface area contributed by atoms with Gasteiger partial charge in [0.1, 0.15) is 5.75 Å². The van der Waals surface area contributed by atoms with Crippen molar-refractivity contribution in [3.63, 3.8) is 0 Å².